The lowest BCUT2D eigenvalue weighted by atomic mass is 9.89. The van der Waals surface area contributed by atoms with E-state index in [1.165, 1.54) is 30.8 Å². The van der Waals surface area contributed by atoms with Crippen LogP contribution in [-0.2, 0) is 13.0 Å². The van der Waals surface area contributed by atoms with Crippen molar-refractivity contribution in [1.29, 1.82) is 0 Å². The van der Waals surface area contributed by atoms with E-state index in [1.807, 2.05) is 0 Å². The van der Waals surface area contributed by atoms with Gasteiger partial charge < -0.3 is 15.1 Å². The average Bonchev–Trinajstić information content (AvgIpc) is 2.45. The minimum atomic E-state index is 0.572. The molecule has 2 aliphatic heterocycles. The Morgan fingerprint density at radius 3 is 2.59 bits per heavy atom. The molecule has 1 saturated heterocycles. The minimum absolute atomic E-state index is 0.572. The van der Waals surface area contributed by atoms with Crippen molar-refractivity contribution in [3.8, 4) is 0 Å². The molecule has 3 atom stereocenters. The number of fused-ring (bicyclic) bond motifs is 1. The maximum Gasteiger partial charge on any atom is 0.0402 e. The first-order valence-corrected chi connectivity index (χ1v) is 8.76. The first-order valence-electron chi connectivity index (χ1n) is 8.76. The molecule has 0 spiro atoms. The molecule has 1 fully saturated rings. The summed E-state index contributed by atoms with van der Waals surface area (Å²) in [5, 5.41) is 3.69. The molecular weight excluding hydrogens is 270 g/mol. The molecule has 0 radical (unpaired) electrons. The van der Waals surface area contributed by atoms with Gasteiger partial charge in [0.2, 0.25) is 0 Å². The van der Waals surface area contributed by atoms with Crippen LogP contribution in [0.1, 0.15) is 31.4 Å². The summed E-state index contributed by atoms with van der Waals surface area (Å²) >= 11 is 0. The summed E-state index contributed by atoms with van der Waals surface area (Å²) in [6.07, 6.45) is 2.53. The quantitative estimate of drug-likeness (QED) is 0.926. The molecular formula is C19H31N3. The van der Waals surface area contributed by atoms with Gasteiger partial charge in [0.05, 0.1) is 0 Å². The number of likely N-dealkylation sites (N-methyl/N-ethyl adjacent to an activating group) is 1. The van der Waals surface area contributed by atoms with Crippen molar-refractivity contribution in [2.45, 2.75) is 39.3 Å². The number of piperidine rings is 1. The van der Waals surface area contributed by atoms with Crippen molar-refractivity contribution in [2.75, 3.05) is 38.6 Å². The fourth-order valence-electron chi connectivity index (χ4n) is 4.32. The molecule has 0 aromatic heterocycles. The van der Waals surface area contributed by atoms with E-state index in [-0.39, 0.29) is 0 Å². The van der Waals surface area contributed by atoms with Gasteiger partial charge in [-0.05, 0) is 56.0 Å². The van der Waals surface area contributed by atoms with Crippen LogP contribution in [0.4, 0.5) is 5.69 Å². The van der Waals surface area contributed by atoms with Gasteiger partial charge >= 0.3 is 0 Å². The maximum atomic E-state index is 3.69. The normalized spacial score (nSPS) is 28.8. The van der Waals surface area contributed by atoms with Crippen molar-refractivity contribution < 1.29 is 0 Å². The van der Waals surface area contributed by atoms with Gasteiger partial charge in [-0.25, -0.2) is 0 Å². The second kappa shape index (κ2) is 6.59. The molecule has 3 unspecified atom stereocenters. The average molecular weight is 301 g/mol. The van der Waals surface area contributed by atoms with Crippen LogP contribution in [0.15, 0.2) is 18.2 Å². The van der Waals surface area contributed by atoms with E-state index in [0.29, 0.717) is 6.04 Å². The fourth-order valence-corrected chi connectivity index (χ4v) is 4.32. The Kier molecular flexibility index (Phi) is 4.74. The zero-order valence-corrected chi connectivity index (χ0v) is 14.6. The number of hydrogen-bond acceptors (Lipinski definition) is 3. The van der Waals surface area contributed by atoms with Crippen LogP contribution in [-0.4, -0.2) is 44.7 Å². The van der Waals surface area contributed by atoms with Gasteiger partial charge in [0.15, 0.2) is 0 Å². The van der Waals surface area contributed by atoms with Crippen molar-refractivity contribution in [3.05, 3.63) is 29.3 Å². The van der Waals surface area contributed by atoms with E-state index in [9.17, 15) is 0 Å². The number of nitrogens with zero attached hydrogens (tertiary/aromatic N) is 2. The lowest BCUT2D eigenvalue weighted by molar-refractivity contribution is 0.325. The summed E-state index contributed by atoms with van der Waals surface area (Å²) in [6, 6.07) is 7.46. The molecule has 1 N–H and O–H groups in total. The summed E-state index contributed by atoms with van der Waals surface area (Å²) in [5.41, 5.74) is 4.59. The van der Waals surface area contributed by atoms with Crippen LogP contribution in [0.2, 0.25) is 0 Å². The maximum absolute atomic E-state index is 3.69. The van der Waals surface area contributed by atoms with E-state index >= 15 is 0 Å². The largest absolute Gasteiger partial charge is 0.371 e. The molecule has 2 aliphatic rings. The van der Waals surface area contributed by atoms with Gasteiger partial charge in [-0.15, -0.1) is 0 Å². The third-order valence-electron chi connectivity index (χ3n) is 5.08. The highest BCUT2D eigenvalue weighted by Gasteiger charge is 2.27. The van der Waals surface area contributed by atoms with E-state index < -0.39 is 0 Å². The molecule has 122 valence electrons. The van der Waals surface area contributed by atoms with Gasteiger partial charge in [-0.2, -0.15) is 0 Å². The van der Waals surface area contributed by atoms with Gasteiger partial charge in [0.1, 0.15) is 0 Å². The fraction of sp³-hybridized carbons (Fsp3) is 0.684. The minimum Gasteiger partial charge on any atom is -0.371 e. The Balaban J connectivity index is 1.84. The molecule has 0 saturated carbocycles. The third kappa shape index (κ3) is 3.47. The van der Waals surface area contributed by atoms with Crippen molar-refractivity contribution in [1.82, 2.24) is 10.2 Å². The van der Waals surface area contributed by atoms with Crippen LogP contribution in [0, 0.1) is 11.8 Å². The smallest absolute Gasteiger partial charge is 0.0402 e. The van der Waals surface area contributed by atoms with E-state index in [1.54, 1.807) is 5.56 Å². The summed E-state index contributed by atoms with van der Waals surface area (Å²) in [5.74, 6) is 1.61. The van der Waals surface area contributed by atoms with E-state index in [4.69, 9.17) is 0 Å². The van der Waals surface area contributed by atoms with Crippen LogP contribution >= 0.6 is 0 Å². The number of benzene rings is 1. The van der Waals surface area contributed by atoms with Crippen molar-refractivity contribution >= 4 is 5.69 Å². The van der Waals surface area contributed by atoms with E-state index in [2.05, 4.69) is 61.3 Å². The second-order valence-corrected chi connectivity index (χ2v) is 7.81. The summed E-state index contributed by atoms with van der Waals surface area (Å²) in [7, 11) is 4.33. The topological polar surface area (TPSA) is 18.5 Å². The molecule has 1 aromatic rings. The number of nitrogens with one attached hydrogen (secondary N) is 1. The molecule has 2 heterocycles. The van der Waals surface area contributed by atoms with Crippen LogP contribution in [0.3, 0.4) is 0 Å². The standard InChI is InChI=1S/C19H31N3/c1-14-8-15(2)12-22(11-14)19-7-5-6-16-10-20-17(9-18(16)19)13-21(3)4/h5-7,14-15,17,20H,8-13H2,1-4H3. The first kappa shape index (κ1) is 15.8. The first-order chi connectivity index (χ1) is 10.5. The molecule has 1 aromatic carbocycles. The molecule has 3 rings (SSSR count). The highest BCUT2D eigenvalue weighted by atomic mass is 15.1. The highest BCUT2D eigenvalue weighted by Crippen LogP contribution is 2.32. The van der Waals surface area contributed by atoms with Gasteiger partial charge in [0, 0.05) is 37.9 Å². The van der Waals surface area contributed by atoms with Gasteiger partial charge in [-0.1, -0.05) is 26.0 Å². The summed E-state index contributed by atoms with van der Waals surface area (Å²) < 4.78 is 0. The van der Waals surface area contributed by atoms with Crippen LogP contribution in [0.25, 0.3) is 0 Å². The van der Waals surface area contributed by atoms with Gasteiger partial charge in [-0.3, -0.25) is 0 Å². The molecule has 0 bridgehead atoms. The van der Waals surface area contributed by atoms with E-state index in [0.717, 1.165) is 31.3 Å². The third-order valence-corrected chi connectivity index (χ3v) is 5.08. The SMILES string of the molecule is CC1CC(C)CN(c2cccc3c2CC(CN(C)C)NC3)C1. The monoisotopic (exact) mass is 301 g/mol. The number of anilines is 1. The number of hydrogen-bond donors (Lipinski definition) is 1. The highest BCUT2D eigenvalue weighted by molar-refractivity contribution is 5.58. The molecule has 0 amide bonds. The van der Waals surface area contributed by atoms with Crippen molar-refractivity contribution in [2.24, 2.45) is 11.8 Å². The Hall–Kier alpha value is -1.06. The predicted molar refractivity (Wildman–Crippen MR) is 94.5 cm³/mol. The second-order valence-electron chi connectivity index (χ2n) is 7.81. The van der Waals surface area contributed by atoms with Gasteiger partial charge in [0.25, 0.3) is 0 Å². The Morgan fingerprint density at radius 2 is 1.91 bits per heavy atom. The van der Waals surface area contributed by atoms with Crippen LogP contribution in [0.5, 0.6) is 0 Å². The Morgan fingerprint density at radius 1 is 1.18 bits per heavy atom. The molecule has 3 nitrogen and oxygen atoms in total. The Bertz CT molecular complexity index is 501. The summed E-state index contributed by atoms with van der Waals surface area (Å²) in [4.78, 5) is 4.94. The van der Waals surface area contributed by atoms with Crippen LogP contribution < -0.4 is 10.2 Å². The predicted octanol–water partition coefficient (Wildman–Crippen LogP) is 2.74. The zero-order valence-electron chi connectivity index (χ0n) is 14.6. The Labute approximate surface area is 135 Å². The summed E-state index contributed by atoms with van der Waals surface area (Å²) in [6.45, 7) is 9.35. The lowest BCUT2D eigenvalue weighted by Gasteiger charge is -2.39. The van der Waals surface area contributed by atoms with Crippen molar-refractivity contribution in [3.63, 3.8) is 0 Å². The molecule has 3 heteroatoms. The number of rotatable bonds is 3. The zero-order chi connectivity index (χ0) is 15.7. The lowest BCUT2D eigenvalue weighted by Crippen LogP contribution is -2.44. The molecule has 22 heavy (non-hydrogen) atoms. The molecule has 0 aliphatic carbocycles.